The summed E-state index contributed by atoms with van der Waals surface area (Å²) in [6, 6.07) is 20.8. The number of hydrogen-bond acceptors (Lipinski definition) is 3. The zero-order valence-electron chi connectivity index (χ0n) is 14.7. The fourth-order valence-electron chi connectivity index (χ4n) is 2.57. The number of aromatic nitrogens is 2. The van der Waals surface area contributed by atoms with Gasteiger partial charge in [0.2, 0.25) is 5.91 Å². The second-order valence-electron chi connectivity index (χ2n) is 6.16. The Bertz CT molecular complexity index is 931. The number of nitrogens with one attached hydrogen (secondary N) is 1. The SMILES string of the molecule is Cc1ccc(CNC(=O)CCn2nc(-c3ccccc3)ccc2=O)cc1. The fraction of sp³-hybridized carbons (Fsp3) is 0.190. The summed E-state index contributed by atoms with van der Waals surface area (Å²) in [6.45, 7) is 2.75. The van der Waals surface area contributed by atoms with Gasteiger partial charge in [0.15, 0.2) is 0 Å². The van der Waals surface area contributed by atoms with E-state index < -0.39 is 0 Å². The number of hydrogen-bond donors (Lipinski definition) is 1. The molecule has 0 radical (unpaired) electrons. The van der Waals surface area contributed by atoms with E-state index in [2.05, 4.69) is 10.4 Å². The summed E-state index contributed by atoms with van der Waals surface area (Å²) < 4.78 is 1.34. The normalized spacial score (nSPS) is 10.5. The van der Waals surface area contributed by atoms with Crippen molar-refractivity contribution in [3.63, 3.8) is 0 Å². The van der Waals surface area contributed by atoms with Crippen LogP contribution in [0.3, 0.4) is 0 Å². The van der Waals surface area contributed by atoms with E-state index in [4.69, 9.17) is 0 Å². The lowest BCUT2D eigenvalue weighted by Gasteiger charge is -2.08. The molecule has 0 atom stereocenters. The van der Waals surface area contributed by atoms with Gasteiger partial charge >= 0.3 is 0 Å². The Kier molecular flexibility index (Phi) is 5.59. The van der Waals surface area contributed by atoms with E-state index in [1.165, 1.54) is 16.3 Å². The quantitative estimate of drug-likeness (QED) is 0.746. The van der Waals surface area contributed by atoms with Gasteiger partial charge in [0.25, 0.3) is 5.56 Å². The first-order valence-electron chi connectivity index (χ1n) is 8.58. The van der Waals surface area contributed by atoms with E-state index in [0.717, 1.165) is 11.1 Å². The van der Waals surface area contributed by atoms with Crippen molar-refractivity contribution in [3.05, 3.63) is 88.2 Å². The van der Waals surface area contributed by atoms with Gasteiger partial charge in [0.1, 0.15) is 0 Å². The molecule has 1 N–H and O–H groups in total. The zero-order valence-corrected chi connectivity index (χ0v) is 14.7. The summed E-state index contributed by atoms with van der Waals surface area (Å²) in [6.07, 6.45) is 0.205. The van der Waals surface area contributed by atoms with Crippen LogP contribution in [0, 0.1) is 6.92 Å². The Labute approximate surface area is 152 Å². The molecule has 0 fully saturated rings. The van der Waals surface area contributed by atoms with Crippen molar-refractivity contribution in [2.45, 2.75) is 26.4 Å². The van der Waals surface area contributed by atoms with Crippen LogP contribution in [-0.2, 0) is 17.9 Å². The van der Waals surface area contributed by atoms with Gasteiger partial charge in [-0.1, -0.05) is 60.2 Å². The third-order valence-corrected chi connectivity index (χ3v) is 4.10. The maximum Gasteiger partial charge on any atom is 0.266 e. The summed E-state index contributed by atoms with van der Waals surface area (Å²) in [5, 5.41) is 7.24. The van der Waals surface area contributed by atoms with Gasteiger partial charge in [-0.25, -0.2) is 4.68 Å². The molecule has 132 valence electrons. The minimum atomic E-state index is -0.212. The van der Waals surface area contributed by atoms with E-state index in [1.807, 2.05) is 61.5 Å². The Morgan fingerprint density at radius 1 is 1.00 bits per heavy atom. The van der Waals surface area contributed by atoms with Crippen LogP contribution in [0.1, 0.15) is 17.5 Å². The first-order valence-corrected chi connectivity index (χ1v) is 8.58. The van der Waals surface area contributed by atoms with Gasteiger partial charge in [-0.15, -0.1) is 0 Å². The predicted molar refractivity (Wildman–Crippen MR) is 102 cm³/mol. The minimum Gasteiger partial charge on any atom is -0.352 e. The predicted octanol–water partition coefficient (Wildman–Crippen LogP) is 2.93. The van der Waals surface area contributed by atoms with Crippen LogP contribution in [0.4, 0.5) is 0 Å². The molecule has 2 aromatic carbocycles. The highest BCUT2D eigenvalue weighted by Gasteiger charge is 2.06. The van der Waals surface area contributed by atoms with Crippen LogP contribution in [0.5, 0.6) is 0 Å². The van der Waals surface area contributed by atoms with Gasteiger partial charge in [0.05, 0.1) is 12.2 Å². The smallest absolute Gasteiger partial charge is 0.266 e. The molecule has 0 unspecified atom stereocenters. The first kappa shape index (κ1) is 17.6. The summed E-state index contributed by atoms with van der Waals surface area (Å²) in [5.41, 5.74) is 3.67. The Morgan fingerprint density at radius 3 is 2.46 bits per heavy atom. The highest BCUT2D eigenvalue weighted by Crippen LogP contribution is 2.14. The Morgan fingerprint density at radius 2 is 1.73 bits per heavy atom. The van der Waals surface area contributed by atoms with E-state index in [0.29, 0.717) is 12.2 Å². The molecule has 0 aliphatic heterocycles. The summed E-state index contributed by atoms with van der Waals surface area (Å²) >= 11 is 0. The lowest BCUT2D eigenvalue weighted by atomic mass is 10.1. The number of aryl methyl sites for hydroxylation is 2. The maximum atomic E-state index is 12.1. The number of carbonyl (C=O) groups is 1. The third kappa shape index (κ3) is 4.66. The van der Waals surface area contributed by atoms with Crippen molar-refractivity contribution in [1.82, 2.24) is 15.1 Å². The van der Waals surface area contributed by atoms with Crippen molar-refractivity contribution < 1.29 is 4.79 Å². The molecule has 1 heterocycles. The number of benzene rings is 2. The molecule has 0 saturated heterocycles. The third-order valence-electron chi connectivity index (χ3n) is 4.10. The van der Waals surface area contributed by atoms with Crippen LogP contribution < -0.4 is 10.9 Å². The average molecular weight is 347 g/mol. The fourth-order valence-corrected chi connectivity index (χ4v) is 2.57. The molecule has 0 aliphatic carbocycles. The molecule has 0 saturated carbocycles. The first-order chi connectivity index (χ1) is 12.6. The van der Waals surface area contributed by atoms with Gasteiger partial charge in [0, 0.05) is 24.6 Å². The molecular weight excluding hydrogens is 326 g/mol. The lowest BCUT2D eigenvalue weighted by molar-refractivity contribution is -0.121. The molecule has 0 bridgehead atoms. The Balaban J connectivity index is 1.59. The highest BCUT2D eigenvalue weighted by molar-refractivity contribution is 5.75. The molecule has 1 amide bonds. The van der Waals surface area contributed by atoms with Crippen molar-refractivity contribution in [2.24, 2.45) is 0 Å². The van der Waals surface area contributed by atoms with Crippen molar-refractivity contribution in [3.8, 4) is 11.3 Å². The van der Waals surface area contributed by atoms with E-state index in [9.17, 15) is 9.59 Å². The lowest BCUT2D eigenvalue weighted by Crippen LogP contribution is -2.28. The maximum absolute atomic E-state index is 12.1. The van der Waals surface area contributed by atoms with E-state index >= 15 is 0 Å². The van der Waals surface area contributed by atoms with Gasteiger partial charge in [-0.2, -0.15) is 5.10 Å². The number of amides is 1. The van der Waals surface area contributed by atoms with Crippen LogP contribution in [0.25, 0.3) is 11.3 Å². The summed E-state index contributed by atoms with van der Waals surface area (Å²) in [7, 11) is 0. The largest absolute Gasteiger partial charge is 0.352 e. The average Bonchev–Trinajstić information content (AvgIpc) is 2.67. The summed E-state index contributed by atoms with van der Waals surface area (Å²) in [4.78, 5) is 24.1. The van der Waals surface area contributed by atoms with Crippen LogP contribution in [0.15, 0.2) is 71.5 Å². The van der Waals surface area contributed by atoms with Gasteiger partial charge in [-0.05, 0) is 18.6 Å². The second kappa shape index (κ2) is 8.25. The van der Waals surface area contributed by atoms with Gasteiger partial charge < -0.3 is 5.32 Å². The molecular formula is C21H21N3O2. The molecule has 26 heavy (non-hydrogen) atoms. The molecule has 5 heteroatoms. The van der Waals surface area contributed by atoms with Crippen molar-refractivity contribution in [1.29, 1.82) is 0 Å². The topological polar surface area (TPSA) is 64.0 Å². The standard InChI is InChI=1S/C21H21N3O2/c1-16-7-9-17(10-8-16)15-22-20(25)13-14-24-21(26)12-11-19(23-24)18-5-3-2-4-6-18/h2-12H,13-15H2,1H3,(H,22,25). The highest BCUT2D eigenvalue weighted by atomic mass is 16.2. The molecule has 3 rings (SSSR count). The number of rotatable bonds is 6. The second-order valence-corrected chi connectivity index (χ2v) is 6.16. The van der Waals surface area contributed by atoms with Crippen LogP contribution in [-0.4, -0.2) is 15.7 Å². The van der Waals surface area contributed by atoms with Crippen LogP contribution >= 0.6 is 0 Å². The molecule has 1 aromatic heterocycles. The monoisotopic (exact) mass is 347 g/mol. The number of nitrogens with zero attached hydrogens (tertiary/aromatic N) is 2. The molecule has 3 aromatic rings. The van der Waals surface area contributed by atoms with Crippen LogP contribution in [0.2, 0.25) is 0 Å². The Hall–Kier alpha value is -3.21. The zero-order chi connectivity index (χ0) is 18.4. The summed E-state index contributed by atoms with van der Waals surface area (Å²) in [5.74, 6) is -0.107. The van der Waals surface area contributed by atoms with Crippen molar-refractivity contribution in [2.75, 3.05) is 0 Å². The minimum absolute atomic E-state index is 0.107. The molecule has 0 spiro atoms. The van der Waals surface area contributed by atoms with Crippen molar-refractivity contribution >= 4 is 5.91 Å². The van der Waals surface area contributed by atoms with E-state index in [-0.39, 0.29) is 24.4 Å². The van der Waals surface area contributed by atoms with E-state index in [1.54, 1.807) is 6.07 Å². The number of carbonyl (C=O) groups excluding carboxylic acids is 1. The molecule has 5 nitrogen and oxygen atoms in total. The van der Waals surface area contributed by atoms with Gasteiger partial charge in [-0.3, -0.25) is 9.59 Å². The molecule has 0 aliphatic rings.